The fourth-order valence-corrected chi connectivity index (χ4v) is 2.77. The number of halogens is 2. The van der Waals surface area contributed by atoms with Gasteiger partial charge in [0.2, 0.25) is 5.95 Å². The van der Waals surface area contributed by atoms with E-state index in [1.54, 1.807) is 13.1 Å². The average molecular weight is 277 g/mol. The van der Waals surface area contributed by atoms with E-state index >= 15 is 0 Å². The number of imidazole rings is 1. The highest BCUT2D eigenvalue weighted by Crippen LogP contribution is 2.33. The van der Waals surface area contributed by atoms with Gasteiger partial charge in [0.15, 0.2) is 5.82 Å². The minimum Gasteiger partial charge on any atom is -0.321 e. The van der Waals surface area contributed by atoms with Crippen LogP contribution in [0.25, 0.3) is 0 Å². The molecule has 0 unspecified atom stereocenters. The topological polar surface area (TPSA) is 29.9 Å². The summed E-state index contributed by atoms with van der Waals surface area (Å²) in [4.78, 5) is 4.19. The zero-order chi connectivity index (χ0) is 14.1. The molecule has 1 heterocycles. The molecule has 3 nitrogen and oxygen atoms in total. The van der Waals surface area contributed by atoms with Gasteiger partial charge in [-0.25, -0.2) is 13.8 Å². The lowest BCUT2D eigenvalue weighted by Gasteiger charge is -2.16. The van der Waals surface area contributed by atoms with Crippen LogP contribution in [0.1, 0.15) is 37.3 Å². The van der Waals surface area contributed by atoms with Crippen LogP contribution in [0, 0.1) is 18.6 Å². The highest BCUT2D eigenvalue weighted by atomic mass is 19.1. The van der Waals surface area contributed by atoms with Gasteiger partial charge in [-0.1, -0.05) is 18.9 Å². The molecule has 20 heavy (non-hydrogen) atoms. The van der Waals surface area contributed by atoms with Gasteiger partial charge in [0.1, 0.15) is 11.5 Å². The summed E-state index contributed by atoms with van der Waals surface area (Å²) in [7, 11) is 0. The van der Waals surface area contributed by atoms with E-state index in [4.69, 9.17) is 0 Å². The van der Waals surface area contributed by atoms with Crippen LogP contribution in [0.15, 0.2) is 24.5 Å². The average Bonchev–Trinajstić information content (AvgIpc) is 3.09. The number of hydrogen-bond acceptors (Lipinski definition) is 2. The van der Waals surface area contributed by atoms with E-state index in [9.17, 15) is 8.78 Å². The molecule has 1 aromatic carbocycles. The Morgan fingerprint density at radius 2 is 2.00 bits per heavy atom. The Bertz CT molecular complexity index is 616. The van der Waals surface area contributed by atoms with Crippen LogP contribution in [-0.2, 0) is 0 Å². The molecule has 2 aromatic rings. The monoisotopic (exact) mass is 277 g/mol. The molecule has 1 saturated carbocycles. The van der Waals surface area contributed by atoms with Gasteiger partial charge >= 0.3 is 0 Å². The van der Waals surface area contributed by atoms with Crippen LogP contribution in [0.2, 0.25) is 0 Å². The predicted octanol–water partition coefficient (Wildman–Crippen LogP) is 4.33. The molecule has 5 heteroatoms. The first-order chi connectivity index (χ1) is 9.66. The van der Waals surface area contributed by atoms with Crippen LogP contribution in [-0.4, -0.2) is 9.55 Å². The Morgan fingerprint density at radius 3 is 2.75 bits per heavy atom. The summed E-state index contributed by atoms with van der Waals surface area (Å²) >= 11 is 0. The van der Waals surface area contributed by atoms with Crippen molar-refractivity contribution in [2.45, 2.75) is 38.6 Å². The zero-order valence-electron chi connectivity index (χ0n) is 11.4. The molecule has 0 atom stereocenters. The number of nitrogens with zero attached hydrogens (tertiary/aromatic N) is 2. The van der Waals surface area contributed by atoms with Crippen molar-refractivity contribution < 1.29 is 8.78 Å². The quantitative estimate of drug-likeness (QED) is 0.905. The number of anilines is 2. The predicted molar refractivity (Wildman–Crippen MR) is 74.1 cm³/mol. The molecule has 3 rings (SSSR count). The molecule has 0 spiro atoms. The van der Waals surface area contributed by atoms with Crippen LogP contribution in [0.4, 0.5) is 20.4 Å². The van der Waals surface area contributed by atoms with Gasteiger partial charge in [-0.05, 0) is 31.4 Å². The summed E-state index contributed by atoms with van der Waals surface area (Å²) in [6, 6.07) is 3.07. The van der Waals surface area contributed by atoms with E-state index in [2.05, 4.69) is 10.3 Å². The molecule has 0 radical (unpaired) electrons. The van der Waals surface area contributed by atoms with Crippen molar-refractivity contribution in [1.29, 1.82) is 0 Å². The van der Waals surface area contributed by atoms with Gasteiger partial charge < -0.3 is 9.88 Å². The Labute approximate surface area is 116 Å². The van der Waals surface area contributed by atoms with Gasteiger partial charge in [0, 0.05) is 18.4 Å². The van der Waals surface area contributed by atoms with Crippen molar-refractivity contribution >= 4 is 11.6 Å². The molecular formula is C15H17F2N3. The minimum atomic E-state index is -0.603. The highest BCUT2D eigenvalue weighted by Gasteiger charge is 2.20. The zero-order valence-corrected chi connectivity index (χ0v) is 11.4. The fourth-order valence-electron chi connectivity index (χ4n) is 2.77. The molecule has 1 fully saturated rings. The molecule has 0 amide bonds. The standard InChI is InChI=1S/C15H17F2N3/c1-10-6-7-12(16)14(13(10)17)19-15-18-8-9-20(15)11-4-2-3-5-11/h6-9,11H,2-5H2,1H3,(H,18,19). The fraction of sp³-hybridized carbons (Fsp3) is 0.400. The third-order valence-electron chi connectivity index (χ3n) is 3.91. The van der Waals surface area contributed by atoms with Crippen molar-refractivity contribution in [3.05, 3.63) is 41.7 Å². The lowest BCUT2D eigenvalue weighted by Crippen LogP contribution is -2.09. The Hall–Kier alpha value is -1.91. The maximum Gasteiger partial charge on any atom is 0.207 e. The third kappa shape index (κ3) is 2.28. The molecule has 0 saturated heterocycles. The summed E-state index contributed by atoms with van der Waals surface area (Å²) in [5.41, 5.74) is 0.281. The molecular weight excluding hydrogens is 260 g/mol. The van der Waals surface area contributed by atoms with Crippen LogP contribution in [0.5, 0.6) is 0 Å². The minimum absolute atomic E-state index is 0.129. The maximum atomic E-state index is 14.0. The van der Waals surface area contributed by atoms with Crippen molar-refractivity contribution in [1.82, 2.24) is 9.55 Å². The van der Waals surface area contributed by atoms with Crippen LogP contribution in [0.3, 0.4) is 0 Å². The van der Waals surface area contributed by atoms with E-state index in [1.165, 1.54) is 25.0 Å². The number of rotatable bonds is 3. The van der Waals surface area contributed by atoms with Gasteiger partial charge in [0.05, 0.1) is 0 Å². The van der Waals surface area contributed by atoms with Crippen LogP contribution < -0.4 is 5.32 Å². The Morgan fingerprint density at radius 1 is 1.25 bits per heavy atom. The van der Waals surface area contributed by atoms with Gasteiger partial charge in [-0.2, -0.15) is 0 Å². The van der Waals surface area contributed by atoms with E-state index in [0.29, 0.717) is 17.6 Å². The molecule has 0 aliphatic heterocycles. The van der Waals surface area contributed by atoms with Crippen molar-refractivity contribution in [2.24, 2.45) is 0 Å². The van der Waals surface area contributed by atoms with Crippen molar-refractivity contribution in [3.8, 4) is 0 Å². The summed E-state index contributed by atoms with van der Waals surface area (Å²) < 4.78 is 29.8. The first-order valence-electron chi connectivity index (χ1n) is 6.91. The summed E-state index contributed by atoms with van der Waals surface area (Å²) in [6.07, 6.45) is 8.08. The van der Waals surface area contributed by atoms with Crippen molar-refractivity contribution in [3.63, 3.8) is 0 Å². The van der Waals surface area contributed by atoms with Gasteiger partial charge in [0.25, 0.3) is 0 Å². The molecule has 1 aromatic heterocycles. The molecule has 1 aliphatic rings. The molecule has 1 aliphatic carbocycles. The smallest absolute Gasteiger partial charge is 0.207 e. The second kappa shape index (κ2) is 5.23. The third-order valence-corrected chi connectivity index (χ3v) is 3.91. The highest BCUT2D eigenvalue weighted by molar-refractivity contribution is 5.57. The van der Waals surface area contributed by atoms with E-state index in [0.717, 1.165) is 12.8 Å². The maximum absolute atomic E-state index is 14.0. The number of nitrogens with one attached hydrogen (secondary N) is 1. The Kier molecular flexibility index (Phi) is 3.42. The number of aromatic nitrogens is 2. The first kappa shape index (κ1) is 13.1. The van der Waals surface area contributed by atoms with E-state index in [1.807, 2.05) is 10.8 Å². The number of hydrogen-bond donors (Lipinski definition) is 1. The van der Waals surface area contributed by atoms with Gasteiger partial charge in [-0.15, -0.1) is 0 Å². The first-order valence-corrected chi connectivity index (χ1v) is 6.91. The number of aryl methyl sites for hydroxylation is 1. The number of benzene rings is 1. The second-order valence-electron chi connectivity index (χ2n) is 5.27. The van der Waals surface area contributed by atoms with Gasteiger partial charge in [-0.3, -0.25) is 0 Å². The van der Waals surface area contributed by atoms with Crippen LogP contribution >= 0.6 is 0 Å². The van der Waals surface area contributed by atoms with E-state index in [-0.39, 0.29) is 5.69 Å². The SMILES string of the molecule is Cc1ccc(F)c(Nc2nccn2C2CCCC2)c1F. The normalized spacial score (nSPS) is 15.8. The summed E-state index contributed by atoms with van der Waals surface area (Å²) in [5.74, 6) is -0.666. The molecule has 106 valence electrons. The second-order valence-corrected chi connectivity index (χ2v) is 5.27. The summed E-state index contributed by atoms with van der Waals surface area (Å²) in [6.45, 7) is 1.61. The molecule has 0 bridgehead atoms. The van der Waals surface area contributed by atoms with E-state index < -0.39 is 11.6 Å². The molecule has 1 N–H and O–H groups in total. The van der Waals surface area contributed by atoms with Crippen molar-refractivity contribution in [2.75, 3.05) is 5.32 Å². The lowest BCUT2D eigenvalue weighted by molar-refractivity contribution is 0.523. The lowest BCUT2D eigenvalue weighted by atomic mass is 10.2. The Balaban J connectivity index is 1.92. The largest absolute Gasteiger partial charge is 0.321 e. The summed E-state index contributed by atoms with van der Waals surface area (Å²) in [5, 5.41) is 2.81.